The van der Waals surface area contributed by atoms with E-state index in [0.29, 0.717) is 11.8 Å². The van der Waals surface area contributed by atoms with Gasteiger partial charge in [0.15, 0.2) is 0 Å². The fourth-order valence-corrected chi connectivity index (χ4v) is 2.22. The lowest BCUT2D eigenvalue weighted by atomic mass is 9.88. The van der Waals surface area contributed by atoms with Crippen LogP contribution in [0, 0.1) is 0 Å². The van der Waals surface area contributed by atoms with Gasteiger partial charge in [-0.2, -0.15) is 0 Å². The van der Waals surface area contributed by atoms with Crippen LogP contribution in [0.5, 0.6) is 0 Å². The minimum absolute atomic E-state index is 0.542. The van der Waals surface area contributed by atoms with Gasteiger partial charge in [-0.3, -0.25) is 0 Å². The predicted molar refractivity (Wildman–Crippen MR) is 65.4 cm³/mol. The summed E-state index contributed by atoms with van der Waals surface area (Å²) in [5.74, 6) is 1.13. The first-order valence-electron chi connectivity index (χ1n) is 5.80. The summed E-state index contributed by atoms with van der Waals surface area (Å²) in [5.41, 5.74) is 9.92. The van der Waals surface area contributed by atoms with Gasteiger partial charge in [-0.15, -0.1) is 0 Å². The SMILES string of the molecule is CC(C)c1ccc2c(c1)C(CN)CCN2. The van der Waals surface area contributed by atoms with Crippen LogP contribution in [0.15, 0.2) is 18.2 Å². The smallest absolute Gasteiger partial charge is 0.0376 e. The molecule has 0 fully saturated rings. The van der Waals surface area contributed by atoms with E-state index in [1.165, 1.54) is 16.8 Å². The van der Waals surface area contributed by atoms with Crippen LogP contribution in [0.3, 0.4) is 0 Å². The fourth-order valence-electron chi connectivity index (χ4n) is 2.22. The molecule has 0 spiro atoms. The van der Waals surface area contributed by atoms with Gasteiger partial charge >= 0.3 is 0 Å². The van der Waals surface area contributed by atoms with Gasteiger partial charge < -0.3 is 11.1 Å². The van der Waals surface area contributed by atoms with Gasteiger partial charge in [0.05, 0.1) is 0 Å². The third-order valence-corrected chi connectivity index (χ3v) is 3.27. The Hall–Kier alpha value is -1.02. The van der Waals surface area contributed by atoms with Crippen molar-refractivity contribution in [1.29, 1.82) is 0 Å². The number of nitrogens with one attached hydrogen (secondary N) is 1. The standard InChI is InChI=1S/C13H20N2/c1-9(2)10-3-4-13-12(7-10)11(8-14)5-6-15-13/h3-4,7,9,11,15H,5-6,8,14H2,1-2H3. The van der Waals surface area contributed by atoms with Crippen LogP contribution >= 0.6 is 0 Å². The maximum atomic E-state index is 5.82. The first-order chi connectivity index (χ1) is 7.22. The second-order valence-electron chi connectivity index (χ2n) is 4.65. The lowest BCUT2D eigenvalue weighted by Gasteiger charge is -2.26. The molecule has 1 atom stereocenters. The normalized spacial score (nSPS) is 19.9. The summed E-state index contributed by atoms with van der Waals surface area (Å²) in [4.78, 5) is 0. The van der Waals surface area contributed by atoms with E-state index in [2.05, 4.69) is 37.4 Å². The van der Waals surface area contributed by atoms with Crippen molar-refractivity contribution in [2.75, 3.05) is 18.4 Å². The first-order valence-corrected chi connectivity index (χ1v) is 5.80. The average Bonchev–Trinajstić information content (AvgIpc) is 2.27. The molecule has 82 valence electrons. The van der Waals surface area contributed by atoms with Crippen LogP contribution < -0.4 is 11.1 Å². The molecule has 2 heteroatoms. The number of rotatable bonds is 2. The number of anilines is 1. The molecule has 0 bridgehead atoms. The van der Waals surface area contributed by atoms with Crippen LogP contribution in [0.1, 0.15) is 43.2 Å². The molecule has 2 rings (SSSR count). The Balaban J connectivity index is 2.39. The van der Waals surface area contributed by atoms with Crippen molar-refractivity contribution in [2.45, 2.75) is 32.1 Å². The second-order valence-corrected chi connectivity index (χ2v) is 4.65. The molecule has 3 N–H and O–H groups in total. The minimum atomic E-state index is 0.542. The molecule has 1 aliphatic rings. The zero-order chi connectivity index (χ0) is 10.8. The van der Waals surface area contributed by atoms with Gasteiger partial charge in [-0.1, -0.05) is 26.0 Å². The zero-order valence-corrected chi connectivity index (χ0v) is 9.59. The monoisotopic (exact) mass is 204 g/mol. The summed E-state index contributed by atoms with van der Waals surface area (Å²) in [6.07, 6.45) is 1.16. The number of hydrogen-bond donors (Lipinski definition) is 2. The van der Waals surface area contributed by atoms with Crippen molar-refractivity contribution in [3.63, 3.8) is 0 Å². The summed E-state index contributed by atoms with van der Waals surface area (Å²) in [6, 6.07) is 6.74. The molecule has 0 aliphatic carbocycles. The maximum absolute atomic E-state index is 5.82. The molecule has 1 aromatic carbocycles. The van der Waals surface area contributed by atoms with Gasteiger partial charge in [0, 0.05) is 12.2 Å². The van der Waals surface area contributed by atoms with Crippen LogP contribution in [0.25, 0.3) is 0 Å². The summed E-state index contributed by atoms with van der Waals surface area (Å²) >= 11 is 0. The number of fused-ring (bicyclic) bond motifs is 1. The Morgan fingerprint density at radius 1 is 1.47 bits per heavy atom. The topological polar surface area (TPSA) is 38.0 Å². The van der Waals surface area contributed by atoms with Gasteiger partial charge in [-0.05, 0) is 42.0 Å². The van der Waals surface area contributed by atoms with Crippen molar-refractivity contribution in [2.24, 2.45) is 5.73 Å². The van der Waals surface area contributed by atoms with Gasteiger partial charge in [0.1, 0.15) is 0 Å². The Labute approximate surface area is 91.9 Å². The molecule has 1 aliphatic heterocycles. The van der Waals surface area contributed by atoms with E-state index in [1.54, 1.807) is 0 Å². The highest BCUT2D eigenvalue weighted by molar-refractivity contribution is 5.56. The highest BCUT2D eigenvalue weighted by atomic mass is 14.9. The lowest BCUT2D eigenvalue weighted by molar-refractivity contribution is 0.635. The molecular formula is C13H20N2. The number of hydrogen-bond acceptors (Lipinski definition) is 2. The highest BCUT2D eigenvalue weighted by Crippen LogP contribution is 2.33. The zero-order valence-electron chi connectivity index (χ0n) is 9.59. The van der Waals surface area contributed by atoms with Crippen LogP contribution in [-0.2, 0) is 0 Å². The third-order valence-electron chi connectivity index (χ3n) is 3.27. The fraction of sp³-hybridized carbons (Fsp3) is 0.538. The maximum Gasteiger partial charge on any atom is 0.0376 e. The lowest BCUT2D eigenvalue weighted by Crippen LogP contribution is -2.22. The Morgan fingerprint density at radius 3 is 2.93 bits per heavy atom. The van der Waals surface area contributed by atoms with Crippen molar-refractivity contribution >= 4 is 5.69 Å². The molecule has 1 heterocycles. The Bertz CT molecular complexity index is 344. The highest BCUT2D eigenvalue weighted by Gasteiger charge is 2.19. The van der Waals surface area contributed by atoms with Gasteiger partial charge in [0.25, 0.3) is 0 Å². The minimum Gasteiger partial charge on any atom is -0.385 e. The van der Waals surface area contributed by atoms with Crippen LogP contribution in [-0.4, -0.2) is 13.1 Å². The van der Waals surface area contributed by atoms with E-state index in [9.17, 15) is 0 Å². The molecule has 1 aromatic rings. The van der Waals surface area contributed by atoms with E-state index in [4.69, 9.17) is 5.73 Å². The van der Waals surface area contributed by atoms with Crippen LogP contribution in [0.4, 0.5) is 5.69 Å². The summed E-state index contributed by atoms with van der Waals surface area (Å²) < 4.78 is 0. The van der Waals surface area contributed by atoms with E-state index in [-0.39, 0.29) is 0 Å². The first kappa shape index (κ1) is 10.5. The van der Waals surface area contributed by atoms with Crippen molar-refractivity contribution in [1.82, 2.24) is 0 Å². The number of nitrogens with two attached hydrogens (primary N) is 1. The van der Waals surface area contributed by atoms with Crippen molar-refractivity contribution < 1.29 is 0 Å². The molecule has 0 amide bonds. The molecule has 15 heavy (non-hydrogen) atoms. The number of benzene rings is 1. The Kier molecular flexibility index (Phi) is 2.96. The van der Waals surface area contributed by atoms with Crippen LogP contribution in [0.2, 0.25) is 0 Å². The summed E-state index contributed by atoms with van der Waals surface area (Å²) in [6.45, 7) is 6.27. The Morgan fingerprint density at radius 2 is 2.27 bits per heavy atom. The molecule has 1 unspecified atom stereocenters. The largest absolute Gasteiger partial charge is 0.385 e. The molecule has 0 radical (unpaired) electrons. The van der Waals surface area contributed by atoms with Gasteiger partial charge in [0.2, 0.25) is 0 Å². The quantitative estimate of drug-likeness (QED) is 0.777. The third kappa shape index (κ3) is 2.00. The predicted octanol–water partition coefficient (Wildman–Crippen LogP) is 2.67. The summed E-state index contributed by atoms with van der Waals surface area (Å²) in [5, 5.41) is 3.44. The van der Waals surface area contributed by atoms with E-state index in [1.807, 2.05) is 0 Å². The average molecular weight is 204 g/mol. The van der Waals surface area contributed by atoms with Gasteiger partial charge in [-0.25, -0.2) is 0 Å². The van der Waals surface area contributed by atoms with E-state index < -0.39 is 0 Å². The molecule has 0 aromatic heterocycles. The van der Waals surface area contributed by atoms with Crippen molar-refractivity contribution in [3.8, 4) is 0 Å². The summed E-state index contributed by atoms with van der Waals surface area (Å²) in [7, 11) is 0. The van der Waals surface area contributed by atoms with E-state index >= 15 is 0 Å². The molecule has 0 saturated carbocycles. The molecule has 2 nitrogen and oxygen atoms in total. The second kappa shape index (κ2) is 4.23. The molecular weight excluding hydrogens is 184 g/mol. The molecule has 0 saturated heterocycles. The van der Waals surface area contributed by atoms with E-state index in [0.717, 1.165) is 19.5 Å². The van der Waals surface area contributed by atoms with Crippen molar-refractivity contribution in [3.05, 3.63) is 29.3 Å².